The molecule has 0 aromatic heterocycles. The smallest absolute Gasteiger partial charge is 0.252 e. The van der Waals surface area contributed by atoms with Crippen molar-refractivity contribution in [3.8, 4) is 0 Å². The number of rotatable bonds is 4. The summed E-state index contributed by atoms with van der Waals surface area (Å²) in [6.07, 6.45) is 0. The average Bonchev–Trinajstić information content (AvgIpc) is 2.28. The summed E-state index contributed by atoms with van der Waals surface area (Å²) in [5.74, 6) is -0.128. The van der Waals surface area contributed by atoms with Crippen LogP contribution in [0.5, 0.6) is 0 Å². The monoisotopic (exact) mass is 304 g/mol. The van der Waals surface area contributed by atoms with Gasteiger partial charge < -0.3 is 10.6 Å². The fraction of sp³-hybridized carbons (Fsp3) is 0.364. The second kappa shape index (κ2) is 6.23. The third-order valence-electron chi connectivity index (χ3n) is 2.23. The maximum absolute atomic E-state index is 11.8. The molecule has 0 spiro atoms. The lowest BCUT2D eigenvalue weighted by Crippen LogP contribution is -2.37. The van der Waals surface area contributed by atoms with Gasteiger partial charge in [-0.15, -0.1) is 0 Å². The van der Waals surface area contributed by atoms with E-state index in [1.54, 1.807) is 18.2 Å². The molecule has 1 aromatic rings. The van der Waals surface area contributed by atoms with E-state index >= 15 is 0 Å². The Balaban J connectivity index is 2.69. The van der Waals surface area contributed by atoms with Crippen LogP contribution in [0.3, 0.4) is 0 Å². The molecule has 0 aliphatic heterocycles. The van der Waals surface area contributed by atoms with Crippen LogP contribution in [0.25, 0.3) is 0 Å². The fourth-order valence-electron chi connectivity index (χ4n) is 1.11. The standard InChI is InChI=1S/C11H14BrClN2O/c1-7(14-2)6-15-11(16)9-5-8(13)3-4-10(9)12/h3-5,7,14H,6H2,1-2H3,(H,15,16). The summed E-state index contributed by atoms with van der Waals surface area (Å²) < 4.78 is 0.742. The van der Waals surface area contributed by atoms with E-state index in [9.17, 15) is 4.79 Å². The number of carbonyl (C=O) groups is 1. The summed E-state index contributed by atoms with van der Waals surface area (Å²) in [5.41, 5.74) is 0.552. The second-order valence-corrected chi connectivity index (χ2v) is 4.81. The van der Waals surface area contributed by atoms with E-state index in [-0.39, 0.29) is 11.9 Å². The predicted octanol–water partition coefficient (Wildman–Crippen LogP) is 2.44. The molecule has 0 aliphatic carbocycles. The lowest BCUT2D eigenvalue weighted by atomic mass is 10.2. The quantitative estimate of drug-likeness (QED) is 0.897. The van der Waals surface area contributed by atoms with E-state index in [4.69, 9.17) is 11.6 Å². The summed E-state index contributed by atoms with van der Waals surface area (Å²) in [6.45, 7) is 2.57. The van der Waals surface area contributed by atoms with Gasteiger partial charge in [0.15, 0.2) is 0 Å². The Bertz CT molecular complexity index is 384. The van der Waals surface area contributed by atoms with Crippen molar-refractivity contribution < 1.29 is 4.79 Å². The Labute approximate surface area is 109 Å². The normalized spacial score (nSPS) is 12.2. The summed E-state index contributed by atoms with van der Waals surface area (Å²) in [7, 11) is 1.85. The minimum absolute atomic E-state index is 0.128. The van der Waals surface area contributed by atoms with Crippen LogP contribution in [0, 0.1) is 0 Å². The molecule has 0 aliphatic rings. The third kappa shape index (κ3) is 3.77. The molecule has 3 nitrogen and oxygen atoms in total. The maximum Gasteiger partial charge on any atom is 0.252 e. The summed E-state index contributed by atoms with van der Waals surface area (Å²) >= 11 is 9.16. The van der Waals surface area contributed by atoms with Crippen molar-refractivity contribution in [2.45, 2.75) is 13.0 Å². The Morgan fingerprint density at radius 1 is 1.56 bits per heavy atom. The summed E-state index contributed by atoms with van der Waals surface area (Å²) in [6, 6.07) is 5.38. The second-order valence-electron chi connectivity index (χ2n) is 3.52. The van der Waals surface area contributed by atoms with Crippen LogP contribution >= 0.6 is 27.5 Å². The van der Waals surface area contributed by atoms with Crippen LogP contribution in [0.2, 0.25) is 5.02 Å². The zero-order valence-electron chi connectivity index (χ0n) is 9.18. The molecular weight excluding hydrogens is 291 g/mol. The predicted molar refractivity (Wildman–Crippen MR) is 70.0 cm³/mol. The summed E-state index contributed by atoms with van der Waals surface area (Å²) in [4.78, 5) is 11.8. The highest BCUT2D eigenvalue weighted by atomic mass is 79.9. The lowest BCUT2D eigenvalue weighted by Gasteiger charge is -2.12. The number of nitrogens with one attached hydrogen (secondary N) is 2. The molecule has 0 fully saturated rings. The average molecular weight is 306 g/mol. The van der Waals surface area contributed by atoms with Crippen LogP contribution in [0.1, 0.15) is 17.3 Å². The highest BCUT2D eigenvalue weighted by Gasteiger charge is 2.10. The number of amides is 1. The molecule has 88 valence electrons. The van der Waals surface area contributed by atoms with Gasteiger partial charge in [-0.25, -0.2) is 0 Å². The van der Waals surface area contributed by atoms with Crippen LogP contribution in [0.4, 0.5) is 0 Å². The Kier molecular flexibility index (Phi) is 5.25. The molecule has 0 saturated heterocycles. The van der Waals surface area contributed by atoms with Gasteiger partial charge in [-0.05, 0) is 48.1 Å². The molecule has 1 amide bonds. The molecule has 5 heteroatoms. The largest absolute Gasteiger partial charge is 0.350 e. The molecule has 0 bridgehead atoms. The Morgan fingerprint density at radius 2 is 2.25 bits per heavy atom. The molecule has 16 heavy (non-hydrogen) atoms. The van der Waals surface area contributed by atoms with Gasteiger partial charge >= 0.3 is 0 Å². The summed E-state index contributed by atoms with van der Waals surface area (Å²) in [5, 5.41) is 6.42. The van der Waals surface area contributed by atoms with Crippen LogP contribution < -0.4 is 10.6 Å². The first-order valence-electron chi connectivity index (χ1n) is 4.95. The van der Waals surface area contributed by atoms with Crippen LogP contribution in [-0.4, -0.2) is 25.5 Å². The lowest BCUT2D eigenvalue weighted by molar-refractivity contribution is 0.0950. The minimum atomic E-state index is -0.128. The van der Waals surface area contributed by atoms with Crippen LogP contribution in [-0.2, 0) is 0 Å². The van der Waals surface area contributed by atoms with E-state index in [0.29, 0.717) is 17.1 Å². The van der Waals surface area contributed by atoms with Crippen molar-refractivity contribution in [3.63, 3.8) is 0 Å². The fourth-order valence-corrected chi connectivity index (χ4v) is 1.71. The Hall–Kier alpha value is -0.580. The van der Waals surface area contributed by atoms with E-state index in [0.717, 1.165) is 4.47 Å². The van der Waals surface area contributed by atoms with E-state index < -0.39 is 0 Å². The first-order valence-corrected chi connectivity index (χ1v) is 6.12. The highest BCUT2D eigenvalue weighted by molar-refractivity contribution is 9.10. The highest BCUT2D eigenvalue weighted by Crippen LogP contribution is 2.20. The number of halogens is 2. The molecule has 0 saturated carbocycles. The molecular formula is C11H14BrClN2O. The van der Waals surface area contributed by atoms with E-state index in [1.807, 2.05) is 14.0 Å². The van der Waals surface area contributed by atoms with Gasteiger partial charge in [-0.2, -0.15) is 0 Å². The van der Waals surface area contributed by atoms with E-state index in [1.165, 1.54) is 0 Å². The topological polar surface area (TPSA) is 41.1 Å². The van der Waals surface area contributed by atoms with Gasteiger partial charge in [0.25, 0.3) is 5.91 Å². The maximum atomic E-state index is 11.8. The molecule has 1 rings (SSSR count). The number of carbonyl (C=O) groups excluding carboxylic acids is 1. The van der Waals surface area contributed by atoms with Gasteiger partial charge in [0, 0.05) is 22.1 Å². The zero-order valence-corrected chi connectivity index (χ0v) is 11.5. The first kappa shape index (κ1) is 13.5. The first-order chi connectivity index (χ1) is 7.54. The molecule has 0 radical (unpaired) electrons. The van der Waals surface area contributed by atoms with Gasteiger partial charge in [-0.3, -0.25) is 4.79 Å². The van der Waals surface area contributed by atoms with Gasteiger partial charge in [0.2, 0.25) is 0 Å². The van der Waals surface area contributed by atoms with Crippen molar-refractivity contribution in [3.05, 3.63) is 33.3 Å². The Morgan fingerprint density at radius 3 is 2.88 bits per heavy atom. The van der Waals surface area contributed by atoms with Gasteiger partial charge in [-0.1, -0.05) is 11.6 Å². The molecule has 1 atom stereocenters. The van der Waals surface area contributed by atoms with Crippen molar-refractivity contribution in [1.29, 1.82) is 0 Å². The molecule has 0 heterocycles. The van der Waals surface area contributed by atoms with Gasteiger partial charge in [0.05, 0.1) is 5.56 Å². The van der Waals surface area contributed by atoms with Crippen molar-refractivity contribution in [1.82, 2.24) is 10.6 Å². The number of hydrogen-bond donors (Lipinski definition) is 2. The molecule has 2 N–H and O–H groups in total. The SMILES string of the molecule is CNC(C)CNC(=O)c1cc(Cl)ccc1Br. The number of hydrogen-bond acceptors (Lipinski definition) is 2. The van der Waals surface area contributed by atoms with E-state index in [2.05, 4.69) is 26.6 Å². The van der Waals surface area contributed by atoms with Crippen molar-refractivity contribution in [2.75, 3.05) is 13.6 Å². The third-order valence-corrected chi connectivity index (χ3v) is 3.16. The number of likely N-dealkylation sites (N-methyl/N-ethyl adjacent to an activating group) is 1. The minimum Gasteiger partial charge on any atom is -0.350 e. The molecule has 1 aromatic carbocycles. The van der Waals surface area contributed by atoms with Crippen molar-refractivity contribution in [2.24, 2.45) is 0 Å². The van der Waals surface area contributed by atoms with Crippen LogP contribution in [0.15, 0.2) is 22.7 Å². The zero-order chi connectivity index (χ0) is 12.1. The van der Waals surface area contributed by atoms with Gasteiger partial charge in [0.1, 0.15) is 0 Å². The molecule has 1 unspecified atom stereocenters. The number of benzene rings is 1. The van der Waals surface area contributed by atoms with Crippen molar-refractivity contribution >= 4 is 33.4 Å².